The first kappa shape index (κ1) is 14.6. The molecule has 1 aromatic rings. The van der Waals surface area contributed by atoms with Gasteiger partial charge in [-0.3, -0.25) is 10.1 Å². The summed E-state index contributed by atoms with van der Waals surface area (Å²) in [7, 11) is 0. The lowest BCUT2D eigenvalue weighted by Crippen LogP contribution is -2.11. The topological polar surface area (TPSA) is 64.4 Å². The van der Waals surface area contributed by atoms with E-state index < -0.39 is 0 Å². The largest absolute Gasteiger partial charge is 0.484 e. The van der Waals surface area contributed by atoms with Gasteiger partial charge in [0.2, 0.25) is 0 Å². The Kier molecular flexibility index (Phi) is 3.88. The van der Waals surface area contributed by atoms with E-state index in [4.69, 9.17) is 4.74 Å². The number of nitro benzene ring substituents is 1. The number of nitrogens with one attached hydrogen (secondary N) is 1. The van der Waals surface area contributed by atoms with E-state index in [0.717, 1.165) is 13.0 Å². The fourth-order valence-corrected chi connectivity index (χ4v) is 2.36. The molecule has 0 aliphatic heterocycles. The van der Waals surface area contributed by atoms with Crippen LogP contribution in [0.1, 0.15) is 34.1 Å². The average Bonchev–Trinajstić information content (AvgIpc) is 2.93. The minimum Gasteiger partial charge on any atom is -0.484 e. The molecule has 5 nitrogen and oxygen atoms in total. The smallest absolute Gasteiger partial charge is 0.333 e. The molecule has 0 aromatic heterocycles. The Morgan fingerprint density at radius 3 is 2.65 bits per heavy atom. The quantitative estimate of drug-likeness (QED) is 0.634. The number of hydrogen-bond donors (Lipinski definition) is 1. The fourth-order valence-electron chi connectivity index (χ4n) is 2.36. The molecule has 5 heteroatoms. The number of para-hydroxylation sites is 1. The zero-order valence-electron chi connectivity index (χ0n) is 12.5. The van der Waals surface area contributed by atoms with Crippen molar-refractivity contribution in [1.82, 2.24) is 0 Å². The second kappa shape index (κ2) is 5.31. The van der Waals surface area contributed by atoms with Crippen molar-refractivity contribution in [3.05, 3.63) is 28.3 Å². The van der Waals surface area contributed by atoms with Gasteiger partial charge in [0.05, 0.1) is 11.0 Å². The van der Waals surface area contributed by atoms with Crippen molar-refractivity contribution in [2.24, 2.45) is 11.3 Å². The summed E-state index contributed by atoms with van der Waals surface area (Å²) >= 11 is 0. The molecule has 0 radical (unpaired) electrons. The Morgan fingerprint density at radius 1 is 1.50 bits per heavy atom. The van der Waals surface area contributed by atoms with Crippen molar-refractivity contribution >= 4 is 11.4 Å². The number of hydrogen-bond acceptors (Lipinski definition) is 4. The highest BCUT2D eigenvalue weighted by Crippen LogP contribution is 2.51. The van der Waals surface area contributed by atoms with Gasteiger partial charge in [0.15, 0.2) is 5.75 Å². The number of anilines is 1. The van der Waals surface area contributed by atoms with Crippen LogP contribution in [0.25, 0.3) is 0 Å². The van der Waals surface area contributed by atoms with Crippen molar-refractivity contribution in [1.29, 1.82) is 0 Å². The molecule has 2 rings (SSSR count). The maximum Gasteiger partial charge on any atom is 0.333 e. The third kappa shape index (κ3) is 3.21. The summed E-state index contributed by atoms with van der Waals surface area (Å²) in [6, 6.07) is 5.16. The summed E-state index contributed by atoms with van der Waals surface area (Å²) < 4.78 is 5.53. The van der Waals surface area contributed by atoms with E-state index in [1.54, 1.807) is 18.2 Å². The first-order valence-electron chi connectivity index (χ1n) is 6.99. The van der Waals surface area contributed by atoms with E-state index >= 15 is 0 Å². The zero-order valence-corrected chi connectivity index (χ0v) is 12.5. The molecule has 0 saturated heterocycles. The SMILES string of the molecule is CC(C)Oc1cccc(NCC2CC2(C)C)c1[N+](=O)[O-]. The summed E-state index contributed by atoms with van der Waals surface area (Å²) in [6.45, 7) is 8.91. The molecule has 1 aliphatic rings. The molecule has 1 fully saturated rings. The Balaban J connectivity index is 2.16. The molecule has 1 saturated carbocycles. The monoisotopic (exact) mass is 278 g/mol. The van der Waals surface area contributed by atoms with Gasteiger partial charge in [0.1, 0.15) is 5.69 Å². The van der Waals surface area contributed by atoms with Crippen LogP contribution < -0.4 is 10.1 Å². The molecule has 1 unspecified atom stereocenters. The molecule has 1 aliphatic carbocycles. The van der Waals surface area contributed by atoms with Gasteiger partial charge >= 0.3 is 5.69 Å². The van der Waals surface area contributed by atoms with Gasteiger partial charge in [-0.25, -0.2) is 0 Å². The third-order valence-corrected chi connectivity index (χ3v) is 3.80. The standard InChI is InChI=1S/C15H22N2O3/c1-10(2)20-13-7-5-6-12(14(13)17(18)19)16-9-11-8-15(11,3)4/h5-7,10-11,16H,8-9H2,1-4H3. The van der Waals surface area contributed by atoms with E-state index in [1.165, 1.54) is 0 Å². The number of nitro groups is 1. The van der Waals surface area contributed by atoms with Crippen molar-refractivity contribution in [3.8, 4) is 5.75 Å². The van der Waals surface area contributed by atoms with E-state index in [9.17, 15) is 10.1 Å². The normalized spacial score (nSPS) is 19.8. The van der Waals surface area contributed by atoms with Gasteiger partial charge in [-0.05, 0) is 43.7 Å². The predicted octanol–water partition coefficient (Wildman–Crippen LogP) is 3.84. The van der Waals surface area contributed by atoms with Gasteiger partial charge in [-0.2, -0.15) is 0 Å². The third-order valence-electron chi connectivity index (χ3n) is 3.80. The molecule has 1 aromatic carbocycles. The molecule has 1 atom stereocenters. The van der Waals surface area contributed by atoms with Crippen LogP contribution in [0.4, 0.5) is 11.4 Å². The van der Waals surface area contributed by atoms with Crippen LogP contribution >= 0.6 is 0 Å². The van der Waals surface area contributed by atoms with Crippen LogP contribution in [0.5, 0.6) is 5.75 Å². The first-order chi connectivity index (χ1) is 9.31. The highest BCUT2D eigenvalue weighted by Gasteiger charge is 2.45. The van der Waals surface area contributed by atoms with Crippen LogP contribution in [0, 0.1) is 21.4 Å². The maximum atomic E-state index is 11.3. The summed E-state index contributed by atoms with van der Waals surface area (Å²) in [5, 5.41) is 14.5. The molecule has 0 amide bonds. The van der Waals surface area contributed by atoms with Crippen LogP contribution in [0.15, 0.2) is 18.2 Å². The molecule has 0 heterocycles. The number of nitrogens with zero attached hydrogens (tertiary/aromatic N) is 1. The summed E-state index contributed by atoms with van der Waals surface area (Å²) in [6.07, 6.45) is 1.07. The second-order valence-corrected chi connectivity index (χ2v) is 6.35. The second-order valence-electron chi connectivity index (χ2n) is 6.35. The van der Waals surface area contributed by atoms with Gasteiger partial charge < -0.3 is 10.1 Å². The van der Waals surface area contributed by atoms with E-state index in [2.05, 4.69) is 19.2 Å². The van der Waals surface area contributed by atoms with Gasteiger partial charge in [-0.15, -0.1) is 0 Å². The molecule has 1 N–H and O–H groups in total. The molecular formula is C15H22N2O3. The van der Waals surface area contributed by atoms with Crippen molar-refractivity contribution in [2.45, 2.75) is 40.2 Å². The van der Waals surface area contributed by atoms with Crippen molar-refractivity contribution in [2.75, 3.05) is 11.9 Å². The van der Waals surface area contributed by atoms with Crippen LogP contribution in [0.2, 0.25) is 0 Å². The summed E-state index contributed by atoms with van der Waals surface area (Å²) in [5.41, 5.74) is 0.920. The summed E-state index contributed by atoms with van der Waals surface area (Å²) in [4.78, 5) is 10.9. The van der Waals surface area contributed by atoms with Crippen LogP contribution in [-0.2, 0) is 0 Å². The minimum absolute atomic E-state index is 0.0275. The lowest BCUT2D eigenvalue weighted by atomic mass is 10.1. The molecule has 110 valence electrons. The van der Waals surface area contributed by atoms with Crippen LogP contribution in [-0.4, -0.2) is 17.6 Å². The predicted molar refractivity (Wildman–Crippen MR) is 79.2 cm³/mol. The van der Waals surface area contributed by atoms with E-state index in [1.807, 2.05) is 13.8 Å². The van der Waals surface area contributed by atoms with Crippen LogP contribution in [0.3, 0.4) is 0 Å². The molecule has 20 heavy (non-hydrogen) atoms. The molecular weight excluding hydrogens is 256 g/mol. The van der Waals surface area contributed by atoms with Crippen molar-refractivity contribution < 1.29 is 9.66 Å². The molecule has 0 spiro atoms. The summed E-state index contributed by atoms with van der Waals surface area (Å²) in [5.74, 6) is 0.904. The lowest BCUT2D eigenvalue weighted by molar-refractivity contribution is -0.385. The van der Waals surface area contributed by atoms with Gasteiger partial charge in [0, 0.05) is 6.54 Å². The number of benzene rings is 1. The number of rotatable bonds is 6. The fraction of sp³-hybridized carbons (Fsp3) is 0.600. The maximum absolute atomic E-state index is 11.3. The Hall–Kier alpha value is -1.78. The molecule has 0 bridgehead atoms. The van der Waals surface area contributed by atoms with Crippen molar-refractivity contribution in [3.63, 3.8) is 0 Å². The Morgan fingerprint density at radius 2 is 2.15 bits per heavy atom. The minimum atomic E-state index is -0.377. The van der Waals surface area contributed by atoms with E-state index in [0.29, 0.717) is 22.8 Å². The van der Waals surface area contributed by atoms with Gasteiger partial charge in [-0.1, -0.05) is 19.9 Å². The van der Waals surface area contributed by atoms with Gasteiger partial charge in [0.25, 0.3) is 0 Å². The Labute approximate surface area is 119 Å². The lowest BCUT2D eigenvalue weighted by Gasteiger charge is -2.13. The number of ether oxygens (including phenoxy) is 1. The Bertz CT molecular complexity index is 512. The first-order valence-corrected chi connectivity index (χ1v) is 6.99. The zero-order chi connectivity index (χ0) is 14.9. The average molecular weight is 278 g/mol. The highest BCUT2D eigenvalue weighted by molar-refractivity contribution is 5.68. The van der Waals surface area contributed by atoms with E-state index in [-0.39, 0.29) is 16.7 Å². The highest BCUT2D eigenvalue weighted by atomic mass is 16.6.